The standard InChI is InChI=1S/C69H72N2O7/c1-6-12-45-17-19-46(20-18-45)47-21-31-54(32-22-47)76-66(72)48-23-33-55(34-24-48)77-67(73)60-43-58-59(44-62(60)75-5)65-57(64-63(58)56-15-10-11-16-61(56)68(64,2)3)37-38-69(78-65,49-13-8-7-9-14-49)50-25-27-51(28-26-50)70-39-41-71(42-40-70)52-29-35-53(74-4)36-30-52/h7-11,13-16,21-23,25-28,31-35,37-38,43-46,48,52H,6,12,17-20,24,29-30,36,39-42H2,1-5H3. The molecule has 0 aromatic heterocycles. The second-order valence-electron chi connectivity index (χ2n) is 22.9. The van der Waals surface area contributed by atoms with E-state index in [1.807, 2.05) is 30.3 Å². The average Bonchev–Trinajstić information content (AvgIpc) is 3.74. The van der Waals surface area contributed by atoms with Gasteiger partial charge in [-0.05, 0) is 151 Å². The molecule has 0 radical (unpaired) electrons. The van der Waals surface area contributed by atoms with Gasteiger partial charge in [-0.2, -0.15) is 0 Å². The first kappa shape index (κ1) is 51.4. The highest BCUT2D eigenvalue weighted by Crippen LogP contribution is 2.59. The van der Waals surface area contributed by atoms with Gasteiger partial charge in [-0.15, -0.1) is 0 Å². The van der Waals surface area contributed by atoms with Crippen LogP contribution in [0.3, 0.4) is 0 Å². The van der Waals surface area contributed by atoms with E-state index < -0.39 is 22.9 Å². The fourth-order valence-electron chi connectivity index (χ4n) is 13.8. The van der Waals surface area contributed by atoms with E-state index >= 15 is 0 Å². The van der Waals surface area contributed by atoms with E-state index in [1.165, 1.54) is 55.3 Å². The summed E-state index contributed by atoms with van der Waals surface area (Å²) in [5, 5.41) is 1.70. The van der Waals surface area contributed by atoms with Gasteiger partial charge in [0.15, 0.2) is 5.60 Å². The van der Waals surface area contributed by atoms with Crippen LogP contribution in [0.2, 0.25) is 0 Å². The molecular formula is C69H72N2O7. The van der Waals surface area contributed by atoms with Crippen molar-refractivity contribution < 1.29 is 33.3 Å². The highest BCUT2D eigenvalue weighted by atomic mass is 16.5. The summed E-state index contributed by atoms with van der Waals surface area (Å²) in [6, 6.07) is 40.5. The highest BCUT2D eigenvalue weighted by Gasteiger charge is 2.45. The Kier molecular flexibility index (Phi) is 14.1. The molecular weight excluding hydrogens is 969 g/mol. The number of methoxy groups -OCH3 is 2. The second-order valence-corrected chi connectivity index (χ2v) is 22.9. The zero-order chi connectivity index (χ0) is 53.5. The summed E-state index contributed by atoms with van der Waals surface area (Å²) in [4.78, 5) is 33.1. The fraction of sp³-hybridized carbons (Fsp3) is 0.362. The summed E-state index contributed by atoms with van der Waals surface area (Å²) in [5.41, 5.74) is 8.97. The predicted molar refractivity (Wildman–Crippen MR) is 310 cm³/mol. The van der Waals surface area contributed by atoms with E-state index in [2.05, 4.69) is 134 Å². The van der Waals surface area contributed by atoms with E-state index in [0.717, 1.165) is 107 Å². The van der Waals surface area contributed by atoms with Crippen LogP contribution in [0, 0.1) is 11.8 Å². The Morgan fingerprint density at radius 3 is 2.17 bits per heavy atom. The fourth-order valence-corrected chi connectivity index (χ4v) is 13.8. The predicted octanol–water partition coefficient (Wildman–Crippen LogP) is 15.0. The summed E-state index contributed by atoms with van der Waals surface area (Å²) in [5.74, 6) is 3.10. The minimum Gasteiger partial charge on any atom is -0.501 e. The molecule has 0 amide bonds. The van der Waals surface area contributed by atoms with Crippen molar-refractivity contribution in [1.82, 2.24) is 4.90 Å². The SMILES string of the molecule is CCCC1CCC(c2ccc(OC(=O)C3C=CC(OC(=O)c4cc5c6c(c7c(c5cc4OC)OC(c4ccccc4)(c4ccc(N5CCN(C8CC=C(OC)CC8)CC5)cc4)C=C7)C(C)(C)c4ccccc4-6)=CC3)cc2)CC1. The van der Waals surface area contributed by atoms with E-state index in [0.29, 0.717) is 35.6 Å². The van der Waals surface area contributed by atoms with Crippen molar-refractivity contribution in [3.8, 4) is 28.4 Å². The molecule has 3 atom stereocenters. The number of esters is 2. The van der Waals surface area contributed by atoms with E-state index in [9.17, 15) is 9.59 Å². The number of fused-ring (bicyclic) bond motifs is 8. The number of allylic oxidation sites excluding steroid dienone is 3. The number of benzene rings is 6. The van der Waals surface area contributed by atoms with E-state index in [4.69, 9.17) is 23.7 Å². The van der Waals surface area contributed by atoms with Gasteiger partial charge in [-0.3, -0.25) is 9.69 Å². The second kappa shape index (κ2) is 21.5. The molecule has 0 N–H and O–H groups in total. The average molecular weight is 1040 g/mol. The van der Waals surface area contributed by atoms with E-state index in [-0.39, 0.29) is 11.5 Å². The van der Waals surface area contributed by atoms with Gasteiger partial charge in [-0.25, -0.2) is 4.79 Å². The van der Waals surface area contributed by atoms with Gasteiger partial charge in [0.2, 0.25) is 0 Å². The van der Waals surface area contributed by atoms with Gasteiger partial charge in [0, 0.05) is 71.8 Å². The van der Waals surface area contributed by atoms with Crippen molar-refractivity contribution in [1.29, 1.82) is 0 Å². The Hall–Kier alpha value is -7.36. The third kappa shape index (κ3) is 9.52. The third-order valence-electron chi connectivity index (χ3n) is 18.1. The Morgan fingerprint density at radius 2 is 1.47 bits per heavy atom. The lowest BCUT2D eigenvalue weighted by Crippen LogP contribution is -2.50. The maximum Gasteiger partial charge on any atom is 0.347 e. The van der Waals surface area contributed by atoms with Crippen molar-refractivity contribution >= 4 is 34.5 Å². The van der Waals surface area contributed by atoms with Crippen LogP contribution in [0.5, 0.6) is 17.2 Å². The van der Waals surface area contributed by atoms with Crippen LogP contribution in [-0.4, -0.2) is 63.3 Å². The largest absolute Gasteiger partial charge is 0.501 e. The number of rotatable bonds is 13. The Bertz CT molecular complexity index is 3360. The number of nitrogens with zero attached hydrogens (tertiary/aromatic N) is 2. The third-order valence-corrected chi connectivity index (χ3v) is 18.1. The molecule has 4 aliphatic carbocycles. The Balaban J connectivity index is 0.816. The molecule has 9 heteroatoms. The molecule has 0 spiro atoms. The van der Waals surface area contributed by atoms with Crippen LogP contribution in [0.4, 0.5) is 5.69 Å². The summed E-state index contributed by atoms with van der Waals surface area (Å²) >= 11 is 0. The molecule has 2 heterocycles. The number of carbonyl (C=O) groups is 2. The normalized spacial score (nSPS) is 23.3. The van der Waals surface area contributed by atoms with Gasteiger partial charge in [0.25, 0.3) is 0 Å². The summed E-state index contributed by atoms with van der Waals surface area (Å²) in [6.07, 6.45) is 23.1. The molecule has 3 unspecified atom stereocenters. The molecule has 6 aliphatic rings. The van der Waals surface area contributed by atoms with Gasteiger partial charge >= 0.3 is 11.9 Å². The van der Waals surface area contributed by atoms with Gasteiger partial charge in [0.05, 0.1) is 25.9 Å². The molecule has 1 saturated heterocycles. The number of anilines is 1. The highest BCUT2D eigenvalue weighted by molar-refractivity contribution is 6.11. The van der Waals surface area contributed by atoms with Gasteiger partial charge in [0.1, 0.15) is 28.6 Å². The van der Waals surface area contributed by atoms with Crippen LogP contribution in [0.1, 0.15) is 135 Å². The van der Waals surface area contributed by atoms with Crippen molar-refractivity contribution in [2.75, 3.05) is 45.3 Å². The first-order chi connectivity index (χ1) is 38.0. The molecule has 400 valence electrons. The minimum atomic E-state index is -0.982. The summed E-state index contributed by atoms with van der Waals surface area (Å²) in [7, 11) is 3.36. The number of hydrogen-bond donors (Lipinski definition) is 0. The molecule has 0 bridgehead atoms. The smallest absolute Gasteiger partial charge is 0.347 e. The summed E-state index contributed by atoms with van der Waals surface area (Å²) < 4.78 is 31.3. The lowest BCUT2D eigenvalue weighted by molar-refractivity contribution is -0.137. The van der Waals surface area contributed by atoms with Gasteiger partial charge < -0.3 is 28.6 Å². The number of carbonyl (C=O) groups excluding carboxylic acids is 2. The Labute approximate surface area is 460 Å². The van der Waals surface area contributed by atoms with Crippen molar-refractivity contribution in [3.05, 3.63) is 196 Å². The lowest BCUT2D eigenvalue weighted by Gasteiger charge is -2.41. The maximum atomic E-state index is 14.5. The molecule has 2 aliphatic heterocycles. The van der Waals surface area contributed by atoms with Crippen molar-refractivity contribution in [2.24, 2.45) is 11.8 Å². The van der Waals surface area contributed by atoms with Crippen molar-refractivity contribution in [3.63, 3.8) is 0 Å². The Morgan fingerprint density at radius 1 is 0.731 bits per heavy atom. The van der Waals surface area contributed by atoms with Gasteiger partial charge in [-0.1, -0.05) is 125 Å². The molecule has 12 rings (SSSR count). The molecule has 1 saturated carbocycles. The quantitative estimate of drug-likeness (QED) is 0.0829. The van der Waals surface area contributed by atoms with Crippen LogP contribution in [0.25, 0.3) is 28.0 Å². The first-order valence-electron chi connectivity index (χ1n) is 28.6. The van der Waals surface area contributed by atoms with Crippen LogP contribution in [0.15, 0.2) is 157 Å². The monoisotopic (exact) mass is 1040 g/mol. The van der Waals surface area contributed by atoms with Crippen LogP contribution >= 0.6 is 0 Å². The first-order valence-corrected chi connectivity index (χ1v) is 28.6. The minimum absolute atomic E-state index is 0.288. The van der Waals surface area contributed by atoms with E-state index in [1.54, 1.807) is 32.4 Å². The van der Waals surface area contributed by atoms with Crippen LogP contribution in [-0.2, 0) is 25.3 Å². The molecule has 6 aromatic rings. The number of piperazine rings is 1. The maximum absolute atomic E-state index is 14.5. The zero-order valence-corrected chi connectivity index (χ0v) is 45.9. The molecule has 6 aromatic carbocycles. The van der Waals surface area contributed by atoms with Crippen LogP contribution < -0.4 is 19.1 Å². The molecule has 2 fully saturated rings. The number of hydrogen-bond acceptors (Lipinski definition) is 9. The summed E-state index contributed by atoms with van der Waals surface area (Å²) in [6.45, 7) is 10.8. The molecule has 78 heavy (non-hydrogen) atoms. The molecule has 9 nitrogen and oxygen atoms in total. The lowest BCUT2D eigenvalue weighted by atomic mass is 9.76. The number of ether oxygens (including phenoxy) is 5. The zero-order valence-electron chi connectivity index (χ0n) is 45.9. The topological polar surface area (TPSA) is 86.8 Å². The van der Waals surface area contributed by atoms with Crippen molar-refractivity contribution in [2.45, 2.75) is 108 Å².